The molecule has 2 aromatic heterocycles. The fourth-order valence-electron chi connectivity index (χ4n) is 7.03. The van der Waals surface area contributed by atoms with Crippen LogP contribution < -0.4 is 10.1 Å². The molecule has 0 aliphatic carbocycles. The number of aromatic nitrogens is 1. The molecule has 8 aromatic rings. The van der Waals surface area contributed by atoms with Crippen molar-refractivity contribution in [2.24, 2.45) is 4.99 Å². The molecule has 2 aliphatic rings. The molecule has 4 heterocycles. The smallest absolute Gasteiger partial charge is 0.181 e. The van der Waals surface area contributed by atoms with Crippen LogP contribution in [0, 0.1) is 0 Å². The summed E-state index contributed by atoms with van der Waals surface area (Å²) in [7, 11) is 0. The molecule has 6 aromatic carbocycles. The minimum absolute atomic E-state index is 0.145. The molecule has 1 unspecified atom stereocenters. The molecule has 1 atom stereocenters. The number of nitrogens with zero attached hydrogens (tertiary/aromatic N) is 2. The second-order valence-corrected chi connectivity index (χ2v) is 12.2. The highest BCUT2D eigenvalue weighted by atomic mass is 32.1. The Kier molecular flexibility index (Phi) is 4.62. The van der Waals surface area contributed by atoms with Gasteiger partial charge in [0.15, 0.2) is 11.6 Å². The lowest BCUT2D eigenvalue weighted by molar-refractivity contribution is 0.417. The number of ether oxygens (including phenoxy) is 1. The first-order valence-corrected chi connectivity index (χ1v) is 15.3. The fourth-order valence-corrected chi connectivity index (χ4v) is 8.29. The van der Waals surface area contributed by atoms with Crippen molar-refractivity contribution < 1.29 is 4.74 Å². The Morgan fingerprint density at radius 3 is 2.19 bits per heavy atom. The van der Waals surface area contributed by atoms with Crippen molar-refractivity contribution in [2.75, 3.05) is 0 Å². The highest BCUT2D eigenvalue weighted by Crippen LogP contribution is 2.50. The maximum atomic E-state index is 6.68. The molecule has 0 amide bonds. The Morgan fingerprint density at radius 2 is 1.33 bits per heavy atom. The van der Waals surface area contributed by atoms with Crippen molar-refractivity contribution in [1.82, 2.24) is 9.88 Å². The molecule has 0 fully saturated rings. The summed E-state index contributed by atoms with van der Waals surface area (Å²) < 4.78 is 11.6. The number of hydrogen-bond donors (Lipinski definition) is 1. The molecule has 0 saturated carbocycles. The first-order valence-electron chi connectivity index (χ1n) is 14.5. The van der Waals surface area contributed by atoms with Crippen LogP contribution >= 0.6 is 11.3 Å². The lowest BCUT2D eigenvalue weighted by Crippen LogP contribution is -2.33. The predicted octanol–water partition coefficient (Wildman–Crippen LogP) is 9.63. The summed E-state index contributed by atoms with van der Waals surface area (Å²) in [4.78, 5) is 5.39. The number of benzene rings is 6. The quantitative estimate of drug-likeness (QED) is 0.225. The van der Waals surface area contributed by atoms with Crippen molar-refractivity contribution in [3.05, 3.63) is 144 Å². The van der Waals surface area contributed by atoms with Gasteiger partial charge >= 0.3 is 0 Å². The summed E-state index contributed by atoms with van der Waals surface area (Å²) in [5.74, 6) is 3.35. The Bertz CT molecular complexity index is 2520. The van der Waals surface area contributed by atoms with E-state index in [0.717, 1.165) is 39.8 Å². The van der Waals surface area contributed by atoms with Crippen molar-refractivity contribution in [2.45, 2.75) is 6.04 Å². The van der Waals surface area contributed by atoms with Gasteiger partial charge in [-0.15, -0.1) is 11.3 Å². The highest BCUT2D eigenvalue weighted by Gasteiger charge is 2.38. The normalized spacial score (nSPS) is 16.1. The Labute approximate surface area is 250 Å². The first-order chi connectivity index (χ1) is 21.3. The van der Waals surface area contributed by atoms with E-state index >= 15 is 0 Å². The summed E-state index contributed by atoms with van der Waals surface area (Å²) in [5.41, 5.74) is 4.46. The second-order valence-electron chi connectivity index (χ2n) is 11.2. The van der Waals surface area contributed by atoms with Crippen LogP contribution in [-0.2, 0) is 0 Å². The number of amidine groups is 1. The van der Waals surface area contributed by atoms with Crippen LogP contribution in [0.2, 0.25) is 0 Å². The zero-order valence-corrected chi connectivity index (χ0v) is 23.7. The fraction of sp³-hybridized carbons (Fsp3) is 0.0263. The van der Waals surface area contributed by atoms with E-state index in [1.54, 1.807) is 0 Å². The van der Waals surface area contributed by atoms with Crippen LogP contribution in [0.1, 0.15) is 17.2 Å². The van der Waals surface area contributed by atoms with Crippen LogP contribution in [0.15, 0.2) is 138 Å². The van der Waals surface area contributed by atoms with Crippen molar-refractivity contribution >= 4 is 75.7 Å². The molecule has 2 aliphatic heterocycles. The van der Waals surface area contributed by atoms with Crippen molar-refractivity contribution in [1.29, 1.82) is 0 Å². The molecule has 0 radical (unpaired) electrons. The van der Waals surface area contributed by atoms with E-state index in [-0.39, 0.29) is 6.04 Å². The third-order valence-electron chi connectivity index (χ3n) is 8.84. The maximum Gasteiger partial charge on any atom is 0.181 e. The van der Waals surface area contributed by atoms with Crippen molar-refractivity contribution in [3.8, 4) is 5.75 Å². The monoisotopic (exact) mass is 569 g/mol. The minimum Gasteiger partial charge on any atom is -0.455 e. The van der Waals surface area contributed by atoms with Crippen LogP contribution in [-0.4, -0.2) is 10.4 Å². The SMILES string of the molecule is c1ccc(C2=NC(n3c4ccccc4c4c5ccccc5c5c6ccccc6sc5c43)=C3Oc4ccccc4C3N2)cc1. The van der Waals surface area contributed by atoms with Gasteiger partial charge < -0.3 is 10.1 Å². The van der Waals surface area contributed by atoms with Gasteiger partial charge in [0.05, 0.1) is 15.7 Å². The first kappa shape index (κ1) is 23.2. The van der Waals surface area contributed by atoms with E-state index in [1.165, 1.54) is 47.2 Å². The molecule has 43 heavy (non-hydrogen) atoms. The number of rotatable bonds is 2. The molecule has 5 heteroatoms. The highest BCUT2D eigenvalue weighted by molar-refractivity contribution is 7.27. The average Bonchev–Trinajstić information content (AvgIpc) is 3.75. The van der Waals surface area contributed by atoms with Gasteiger partial charge in [0, 0.05) is 37.4 Å². The lowest BCUT2D eigenvalue weighted by Gasteiger charge is -2.25. The van der Waals surface area contributed by atoms with Crippen LogP contribution in [0.25, 0.3) is 58.6 Å². The van der Waals surface area contributed by atoms with Gasteiger partial charge in [0.1, 0.15) is 17.6 Å². The number of fused-ring (bicyclic) bond motifs is 13. The zero-order valence-electron chi connectivity index (χ0n) is 22.9. The van der Waals surface area contributed by atoms with Gasteiger partial charge in [0.25, 0.3) is 0 Å². The van der Waals surface area contributed by atoms with Gasteiger partial charge in [-0.1, -0.05) is 109 Å². The summed E-state index contributed by atoms with van der Waals surface area (Å²) >= 11 is 1.86. The molecule has 0 saturated heterocycles. The molecule has 10 rings (SSSR count). The number of aliphatic imine (C=N–C) groups is 1. The van der Waals surface area contributed by atoms with Gasteiger partial charge in [-0.25, -0.2) is 4.99 Å². The number of para-hydroxylation sites is 2. The van der Waals surface area contributed by atoms with E-state index in [4.69, 9.17) is 9.73 Å². The summed E-state index contributed by atoms with van der Waals surface area (Å²) in [6, 6.07) is 44.9. The van der Waals surface area contributed by atoms with E-state index < -0.39 is 0 Å². The number of thiophene rings is 1. The van der Waals surface area contributed by atoms with E-state index in [9.17, 15) is 0 Å². The maximum absolute atomic E-state index is 6.68. The van der Waals surface area contributed by atoms with Gasteiger partial charge in [-0.05, 0) is 29.0 Å². The summed E-state index contributed by atoms with van der Waals surface area (Å²) in [6.45, 7) is 0. The minimum atomic E-state index is -0.145. The molecule has 1 N–H and O–H groups in total. The number of nitrogens with one attached hydrogen (secondary N) is 1. The molecular weight excluding hydrogens is 547 g/mol. The van der Waals surface area contributed by atoms with E-state index in [2.05, 4.69) is 119 Å². The van der Waals surface area contributed by atoms with Crippen LogP contribution in [0.3, 0.4) is 0 Å². The van der Waals surface area contributed by atoms with E-state index in [1.807, 2.05) is 29.5 Å². The predicted molar refractivity (Wildman–Crippen MR) is 179 cm³/mol. The van der Waals surface area contributed by atoms with E-state index in [0.29, 0.717) is 0 Å². The molecule has 202 valence electrons. The molecule has 0 bridgehead atoms. The topological polar surface area (TPSA) is 38.5 Å². The zero-order chi connectivity index (χ0) is 28.1. The standard InChI is InChI=1S/C38H23N3OS/c1-2-12-22(13-3-1)37-39-33-26-17-7-10-20-29(26)42-35(33)38(40-37)41-28-19-9-6-16-25(28)31-23-14-4-5-15-24(23)32-27-18-8-11-21-30(27)43-36(32)34(31)41/h1-21,33H,(H,39,40). The molecule has 4 nitrogen and oxygen atoms in total. The second kappa shape index (κ2) is 8.57. The van der Waals surface area contributed by atoms with Crippen molar-refractivity contribution in [3.63, 3.8) is 0 Å². The largest absolute Gasteiger partial charge is 0.455 e. The Hall–Kier alpha value is -5.39. The third-order valence-corrected chi connectivity index (χ3v) is 10.0. The summed E-state index contributed by atoms with van der Waals surface area (Å²) in [6.07, 6.45) is 0. The number of hydrogen-bond acceptors (Lipinski definition) is 4. The van der Waals surface area contributed by atoms with Gasteiger partial charge in [-0.2, -0.15) is 0 Å². The Balaban J connectivity index is 1.42. The molecular formula is C38H23N3OS. The van der Waals surface area contributed by atoms with Gasteiger partial charge in [0.2, 0.25) is 0 Å². The van der Waals surface area contributed by atoms with Crippen LogP contribution in [0.4, 0.5) is 0 Å². The third kappa shape index (κ3) is 3.12. The van der Waals surface area contributed by atoms with Crippen LogP contribution in [0.5, 0.6) is 5.75 Å². The van der Waals surface area contributed by atoms with Gasteiger partial charge in [-0.3, -0.25) is 4.57 Å². The molecule has 0 spiro atoms. The lowest BCUT2D eigenvalue weighted by atomic mass is 9.99. The average molecular weight is 570 g/mol. The Morgan fingerprint density at radius 1 is 0.651 bits per heavy atom. The summed E-state index contributed by atoms with van der Waals surface area (Å²) in [5, 5.41) is 11.3.